The lowest BCUT2D eigenvalue weighted by atomic mass is 9.64. The van der Waals surface area contributed by atoms with Gasteiger partial charge in [-0.3, -0.25) is 0 Å². The lowest BCUT2D eigenvalue weighted by Crippen LogP contribution is -2.31. The predicted molar refractivity (Wildman–Crippen MR) is 77.7 cm³/mol. The van der Waals surface area contributed by atoms with Gasteiger partial charge in [-0.2, -0.15) is 0 Å². The molecule has 94 valence electrons. The average Bonchev–Trinajstić information content (AvgIpc) is 2.50. The Morgan fingerprint density at radius 1 is 0.833 bits per heavy atom. The maximum absolute atomic E-state index is 2.48. The van der Waals surface area contributed by atoms with E-state index < -0.39 is 0 Å². The van der Waals surface area contributed by atoms with Crippen molar-refractivity contribution in [2.24, 2.45) is 0 Å². The molecule has 0 nitrogen and oxygen atoms in total. The molecule has 0 heteroatoms. The van der Waals surface area contributed by atoms with Gasteiger partial charge in [0.05, 0.1) is 0 Å². The molecule has 2 aliphatic rings. The van der Waals surface area contributed by atoms with E-state index in [1.807, 2.05) is 0 Å². The van der Waals surface area contributed by atoms with Crippen LogP contribution in [0.3, 0.4) is 0 Å². The molecule has 0 amide bonds. The molecule has 1 aromatic rings. The first-order valence-corrected chi connectivity index (χ1v) is 7.34. The number of rotatable bonds is 2. The molecule has 1 aromatic carbocycles. The van der Waals surface area contributed by atoms with Gasteiger partial charge in [0.1, 0.15) is 0 Å². The van der Waals surface area contributed by atoms with Crippen molar-refractivity contribution in [1.29, 1.82) is 0 Å². The molecular weight excluding hydrogens is 216 g/mol. The van der Waals surface area contributed by atoms with Crippen LogP contribution in [-0.2, 0) is 5.41 Å². The molecule has 0 saturated heterocycles. The van der Waals surface area contributed by atoms with Gasteiger partial charge in [-0.15, -0.1) is 0 Å². The van der Waals surface area contributed by atoms with Crippen LogP contribution in [0.2, 0.25) is 0 Å². The van der Waals surface area contributed by atoms with Crippen molar-refractivity contribution in [1.82, 2.24) is 0 Å². The van der Waals surface area contributed by atoms with E-state index >= 15 is 0 Å². The minimum Gasteiger partial charge on any atom is -0.0839 e. The van der Waals surface area contributed by atoms with Crippen molar-refractivity contribution in [3.63, 3.8) is 0 Å². The van der Waals surface area contributed by atoms with Crippen LogP contribution in [0.4, 0.5) is 0 Å². The van der Waals surface area contributed by atoms with Gasteiger partial charge in [-0.05, 0) is 36.8 Å². The van der Waals surface area contributed by atoms with Crippen LogP contribution in [0.1, 0.15) is 50.5 Å². The third-order valence-corrected chi connectivity index (χ3v) is 4.58. The second kappa shape index (κ2) is 5.14. The molecule has 18 heavy (non-hydrogen) atoms. The van der Waals surface area contributed by atoms with E-state index in [1.165, 1.54) is 50.5 Å². The van der Waals surface area contributed by atoms with Gasteiger partial charge in [0.15, 0.2) is 0 Å². The Kier molecular flexibility index (Phi) is 3.36. The highest BCUT2D eigenvalue weighted by Gasteiger charge is 2.36. The summed E-state index contributed by atoms with van der Waals surface area (Å²) in [6, 6.07) is 11.2. The van der Waals surface area contributed by atoms with E-state index in [0.29, 0.717) is 5.41 Å². The molecule has 2 aliphatic carbocycles. The minimum atomic E-state index is 0.316. The lowest BCUT2D eigenvalue weighted by Gasteiger charge is -2.40. The summed E-state index contributed by atoms with van der Waals surface area (Å²) in [5.41, 5.74) is 3.43. The van der Waals surface area contributed by atoms with Gasteiger partial charge in [0.2, 0.25) is 0 Å². The van der Waals surface area contributed by atoms with Crippen LogP contribution >= 0.6 is 0 Å². The third kappa shape index (κ3) is 2.05. The van der Waals surface area contributed by atoms with Crippen molar-refractivity contribution < 1.29 is 0 Å². The number of allylic oxidation sites excluding steroid dienone is 4. The summed E-state index contributed by atoms with van der Waals surface area (Å²) >= 11 is 0. The molecule has 0 bridgehead atoms. The van der Waals surface area contributed by atoms with Crippen LogP contribution in [0.15, 0.2) is 54.1 Å². The second-order valence-corrected chi connectivity index (χ2v) is 5.65. The lowest BCUT2D eigenvalue weighted by molar-refractivity contribution is 0.343. The highest BCUT2D eigenvalue weighted by Crippen LogP contribution is 2.46. The van der Waals surface area contributed by atoms with E-state index in [2.05, 4.69) is 48.6 Å². The molecule has 0 N–H and O–H groups in total. The monoisotopic (exact) mass is 238 g/mol. The average molecular weight is 238 g/mol. The summed E-state index contributed by atoms with van der Waals surface area (Å²) in [7, 11) is 0. The fourth-order valence-electron chi connectivity index (χ4n) is 3.62. The Hall–Kier alpha value is -1.30. The predicted octanol–water partition coefficient (Wildman–Crippen LogP) is 5.16. The molecule has 0 radical (unpaired) electrons. The molecule has 1 fully saturated rings. The van der Waals surface area contributed by atoms with Gasteiger partial charge < -0.3 is 0 Å². The summed E-state index contributed by atoms with van der Waals surface area (Å²) in [4.78, 5) is 0. The van der Waals surface area contributed by atoms with Crippen LogP contribution in [-0.4, -0.2) is 0 Å². The Balaban J connectivity index is 2.03. The summed E-state index contributed by atoms with van der Waals surface area (Å²) < 4.78 is 0. The minimum absolute atomic E-state index is 0.316. The zero-order chi connectivity index (χ0) is 12.3. The number of benzene rings is 1. The molecule has 1 saturated carbocycles. The van der Waals surface area contributed by atoms with Crippen molar-refractivity contribution in [2.45, 2.75) is 50.4 Å². The first-order valence-electron chi connectivity index (χ1n) is 7.34. The first-order chi connectivity index (χ1) is 8.92. The standard InChI is InChI=1S/C18H22/c1-4-10-16(11-5-1)18(14-8-3-9-15-18)17-12-6-2-7-13-17/h1,4-6,10-13H,2-3,7-9,14-15H2. The second-order valence-electron chi connectivity index (χ2n) is 5.65. The molecule has 0 atom stereocenters. The van der Waals surface area contributed by atoms with Gasteiger partial charge in [0.25, 0.3) is 0 Å². The number of hydrogen-bond acceptors (Lipinski definition) is 0. The zero-order valence-corrected chi connectivity index (χ0v) is 11.1. The van der Waals surface area contributed by atoms with Gasteiger partial charge in [-0.1, -0.05) is 67.8 Å². The molecule has 0 heterocycles. The fourth-order valence-corrected chi connectivity index (χ4v) is 3.62. The topological polar surface area (TPSA) is 0 Å². The SMILES string of the molecule is C1=CC(C2(c3ccccc3)CCCCC2)=CCC1. The molecule has 0 aromatic heterocycles. The highest BCUT2D eigenvalue weighted by atomic mass is 14.4. The van der Waals surface area contributed by atoms with Crippen LogP contribution in [0.5, 0.6) is 0 Å². The van der Waals surface area contributed by atoms with E-state index in [-0.39, 0.29) is 0 Å². The summed E-state index contributed by atoms with van der Waals surface area (Å²) in [5, 5.41) is 0. The Morgan fingerprint density at radius 3 is 2.28 bits per heavy atom. The number of hydrogen-bond donors (Lipinski definition) is 0. The summed E-state index contributed by atoms with van der Waals surface area (Å²) in [6.45, 7) is 0. The molecule has 0 spiro atoms. The molecule has 0 unspecified atom stereocenters. The van der Waals surface area contributed by atoms with Crippen molar-refractivity contribution in [3.8, 4) is 0 Å². The maximum Gasteiger partial charge on any atom is 0.0199 e. The van der Waals surface area contributed by atoms with Gasteiger partial charge in [-0.25, -0.2) is 0 Å². The van der Waals surface area contributed by atoms with Crippen LogP contribution in [0, 0.1) is 0 Å². The fraction of sp³-hybridized carbons (Fsp3) is 0.444. The van der Waals surface area contributed by atoms with Crippen LogP contribution < -0.4 is 0 Å². The molecular formula is C18H22. The van der Waals surface area contributed by atoms with Gasteiger partial charge >= 0.3 is 0 Å². The molecule has 0 aliphatic heterocycles. The Morgan fingerprint density at radius 2 is 1.61 bits per heavy atom. The maximum atomic E-state index is 2.48. The van der Waals surface area contributed by atoms with Crippen molar-refractivity contribution in [2.75, 3.05) is 0 Å². The normalized spacial score (nSPS) is 22.6. The summed E-state index contributed by atoms with van der Waals surface area (Å²) in [5.74, 6) is 0. The smallest absolute Gasteiger partial charge is 0.0199 e. The highest BCUT2D eigenvalue weighted by molar-refractivity contribution is 5.43. The van der Waals surface area contributed by atoms with Crippen LogP contribution in [0.25, 0.3) is 0 Å². The largest absolute Gasteiger partial charge is 0.0839 e. The van der Waals surface area contributed by atoms with E-state index in [4.69, 9.17) is 0 Å². The third-order valence-electron chi connectivity index (χ3n) is 4.58. The van der Waals surface area contributed by atoms with Gasteiger partial charge in [0, 0.05) is 5.41 Å². The summed E-state index contributed by atoms with van der Waals surface area (Å²) in [6.07, 6.45) is 16.5. The van der Waals surface area contributed by atoms with Crippen molar-refractivity contribution in [3.05, 3.63) is 59.7 Å². The van der Waals surface area contributed by atoms with E-state index in [9.17, 15) is 0 Å². The quantitative estimate of drug-likeness (QED) is 0.667. The Bertz CT molecular complexity index is 444. The van der Waals surface area contributed by atoms with E-state index in [0.717, 1.165) is 0 Å². The van der Waals surface area contributed by atoms with E-state index in [1.54, 1.807) is 5.57 Å². The van der Waals surface area contributed by atoms with Crippen molar-refractivity contribution >= 4 is 0 Å². The first kappa shape index (κ1) is 11.8. The molecule has 3 rings (SSSR count). The zero-order valence-electron chi connectivity index (χ0n) is 11.1. The Labute approximate surface area is 110 Å².